The zero-order chi connectivity index (χ0) is 11.3. The first kappa shape index (κ1) is 11.9. The third-order valence-corrected chi connectivity index (χ3v) is 1.52. The van der Waals surface area contributed by atoms with Crippen LogP contribution in [0.3, 0.4) is 0 Å². The number of hydrogen-bond donors (Lipinski definition) is 1. The van der Waals surface area contributed by atoms with E-state index >= 15 is 0 Å². The number of hydrogen-bond acceptors (Lipinski definition) is 4. The third kappa shape index (κ3) is 4.71. The van der Waals surface area contributed by atoms with Crippen LogP contribution >= 0.6 is 0 Å². The molecular weight excluding hydrogens is 211 g/mol. The molecule has 1 aromatic heterocycles. The summed E-state index contributed by atoms with van der Waals surface area (Å²) in [5, 5.41) is 0. The normalized spacial score (nSPS) is 13.9. The Morgan fingerprint density at radius 2 is 2.20 bits per heavy atom. The van der Waals surface area contributed by atoms with Gasteiger partial charge in [0.15, 0.2) is 6.61 Å². The fourth-order valence-corrected chi connectivity index (χ4v) is 0.843. The molecule has 1 unspecified atom stereocenters. The molecular formula is C8H10F3N3O. The van der Waals surface area contributed by atoms with Gasteiger partial charge in [-0.25, -0.2) is 0 Å². The predicted molar refractivity (Wildman–Crippen MR) is 45.6 cm³/mol. The van der Waals surface area contributed by atoms with Gasteiger partial charge in [0.1, 0.15) is 0 Å². The number of aromatic nitrogens is 2. The van der Waals surface area contributed by atoms with Crippen molar-refractivity contribution in [2.45, 2.75) is 19.1 Å². The molecule has 0 aromatic carbocycles. The summed E-state index contributed by atoms with van der Waals surface area (Å²) in [6, 6.07) is -0.443. The standard InChI is InChI=1S/C8H10F3N3O/c1-6(7-4-12-2-3-13-7)14-15-5-8(9,10)11/h2-4,6,14H,5H2,1H3. The molecule has 0 spiro atoms. The van der Waals surface area contributed by atoms with Gasteiger partial charge in [0.25, 0.3) is 0 Å². The van der Waals surface area contributed by atoms with Crippen LogP contribution in [0.1, 0.15) is 18.7 Å². The minimum absolute atomic E-state index is 0.443. The second-order valence-corrected chi connectivity index (χ2v) is 2.87. The van der Waals surface area contributed by atoms with E-state index in [1.165, 1.54) is 18.6 Å². The van der Waals surface area contributed by atoms with Crippen molar-refractivity contribution in [2.75, 3.05) is 6.61 Å². The molecule has 0 aliphatic heterocycles. The summed E-state index contributed by atoms with van der Waals surface area (Å²) < 4.78 is 35.1. The van der Waals surface area contributed by atoms with Crippen LogP contribution in [-0.4, -0.2) is 22.8 Å². The van der Waals surface area contributed by atoms with E-state index in [0.717, 1.165) is 0 Å². The van der Waals surface area contributed by atoms with Gasteiger partial charge in [-0.2, -0.15) is 18.7 Å². The van der Waals surface area contributed by atoms with E-state index in [0.29, 0.717) is 5.69 Å². The first-order valence-corrected chi connectivity index (χ1v) is 4.19. The molecule has 0 bridgehead atoms. The number of halogens is 3. The maximum absolute atomic E-state index is 11.7. The molecule has 0 saturated heterocycles. The number of nitrogens with zero attached hydrogens (tertiary/aromatic N) is 2. The fourth-order valence-electron chi connectivity index (χ4n) is 0.843. The SMILES string of the molecule is CC(NOCC(F)(F)F)c1cnccn1. The molecule has 1 rings (SSSR count). The summed E-state index contributed by atoms with van der Waals surface area (Å²) >= 11 is 0. The molecule has 15 heavy (non-hydrogen) atoms. The van der Waals surface area contributed by atoms with E-state index in [4.69, 9.17) is 0 Å². The fraction of sp³-hybridized carbons (Fsp3) is 0.500. The Bertz CT molecular complexity index is 291. The van der Waals surface area contributed by atoms with Crippen LogP contribution in [0.2, 0.25) is 0 Å². The Morgan fingerprint density at radius 3 is 2.73 bits per heavy atom. The maximum atomic E-state index is 11.7. The molecule has 0 fully saturated rings. The van der Waals surface area contributed by atoms with Gasteiger partial charge in [0, 0.05) is 12.4 Å². The minimum atomic E-state index is -4.34. The van der Waals surface area contributed by atoms with Gasteiger partial charge < -0.3 is 0 Å². The zero-order valence-corrected chi connectivity index (χ0v) is 7.95. The second-order valence-electron chi connectivity index (χ2n) is 2.87. The molecule has 84 valence electrons. The molecule has 1 heterocycles. The quantitative estimate of drug-likeness (QED) is 0.785. The number of hydroxylamine groups is 1. The van der Waals surface area contributed by atoms with Crippen LogP contribution in [-0.2, 0) is 4.84 Å². The smallest absolute Gasteiger partial charge is 0.292 e. The summed E-state index contributed by atoms with van der Waals surface area (Å²) in [4.78, 5) is 12.0. The van der Waals surface area contributed by atoms with Crippen molar-refractivity contribution in [1.29, 1.82) is 0 Å². The summed E-state index contributed by atoms with van der Waals surface area (Å²) in [6.07, 6.45) is 0.0494. The molecule has 1 N–H and O–H groups in total. The molecule has 1 atom stereocenters. The Kier molecular flexibility index (Phi) is 3.98. The van der Waals surface area contributed by atoms with Crippen molar-refractivity contribution in [2.24, 2.45) is 0 Å². The van der Waals surface area contributed by atoms with Gasteiger partial charge in [-0.1, -0.05) is 0 Å². The van der Waals surface area contributed by atoms with Crippen LogP contribution in [0.5, 0.6) is 0 Å². The van der Waals surface area contributed by atoms with Crippen LogP contribution < -0.4 is 5.48 Å². The lowest BCUT2D eigenvalue weighted by atomic mass is 10.3. The Balaban J connectivity index is 2.34. The molecule has 0 aliphatic carbocycles. The largest absolute Gasteiger partial charge is 0.413 e. The summed E-state index contributed by atoms with van der Waals surface area (Å²) in [6.45, 7) is 0.290. The third-order valence-electron chi connectivity index (χ3n) is 1.52. The highest BCUT2D eigenvalue weighted by molar-refractivity contribution is 4.99. The Labute approximate surface area is 84.4 Å². The molecule has 0 saturated carbocycles. The number of nitrogens with one attached hydrogen (secondary N) is 1. The van der Waals surface area contributed by atoms with Crippen molar-refractivity contribution in [3.05, 3.63) is 24.3 Å². The average molecular weight is 221 g/mol. The van der Waals surface area contributed by atoms with Gasteiger partial charge in [0.2, 0.25) is 0 Å². The van der Waals surface area contributed by atoms with E-state index in [1.54, 1.807) is 6.92 Å². The highest BCUT2D eigenvalue weighted by Gasteiger charge is 2.28. The van der Waals surface area contributed by atoms with Gasteiger partial charge in [-0.3, -0.25) is 14.8 Å². The first-order chi connectivity index (χ1) is 6.99. The average Bonchev–Trinajstić information content (AvgIpc) is 2.17. The van der Waals surface area contributed by atoms with Crippen LogP contribution in [0.4, 0.5) is 13.2 Å². The summed E-state index contributed by atoms with van der Waals surface area (Å²) in [5.41, 5.74) is 2.75. The van der Waals surface area contributed by atoms with E-state index < -0.39 is 18.8 Å². The van der Waals surface area contributed by atoms with Crippen LogP contribution in [0.15, 0.2) is 18.6 Å². The molecule has 4 nitrogen and oxygen atoms in total. The van der Waals surface area contributed by atoms with Crippen molar-refractivity contribution in [3.8, 4) is 0 Å². The predicted octanol–water partition coefficient (Wildman–Crippen LogP) is 1.62. The van der Waals surface area contributed by atoms with Gasteiger partial charge in [-0.15, -0.1) is 0 Å². The Morgan fingerprint density at radius 1 is 1.47 bits per heavy atom. The molecule has 0 radical (unpaired) electrons. The van der Waals surface area contributed by atoms with Crippen LogP contribution in [0.25, 0.3) is 0 Å². The lowest BCUT2D eigenvalue weighted by molar-refractivity contribution is -0.192. The van der Waals surface area contributed by atoms with Crippen molar-refractivity contribution in [1.82, 2.24) is 15.4 Å². The van der Waals surface area contributed by atoms with E-state index in [9.17, 15) is 13.2 Å². The molecule has 7 heteroatoms. The van der Waals surface area contributed by atoms with Crippen molar-refractivity contribution < 1.29 is 18.0 Å². The highest BCUT2D eigenvalue weighted by atomic mass is 19.4. The Hall–Kier alpha value is -1.21. The molecule has 0 amide bonds. The van der Waals surface area contributed by atoms with E-state index in [1.807, 2.05) is 0 Å². The summed E-state index contributed by atoms with van der Waals surface area (Å²) in [7, 11) is 0. The number of alkyl halides is 3. The molecule has 0 aliphatic rings. The minimum Gasteiger partial charge on any atom is -0.292 e. The van der Waals surface area contributed by atoms with Crippen LogP contribution in [0, 0.1) is 0 Å². The van der Waals surface area contributed by atoms with Crippen molar-refractivity contribution in [3.63, 3.8) is 0 Å². The van der Waals surface area contributed by atoms with Crippen molar-refractivity contribution >= 4 is 0 Å². The zero-order valence-electron chi connectivity index (χ0n) is 7.95. The molecule has 1 aromatic rings. The van der Waals surface area contributed by atoms with Gasteiger partial charge in [-0.05, 0) is 6.92 Å². The van der Waals surface area contributed by atoms with E-state index in [-0.39, 0.29) is 0 Å². The topological polar surface area (TPSA) is 47.0 Å². The lowest BCUT2D eigenvalue weighted by Crippen LogP contribution is -2.27. The van der Waals surface area contributed by atoms with Gasteiger partial charge in [0.05, 0.1) is 17.9 Å². The van der Waals surface area contributed by atoms with Gasteiger partial charge >= 0.3 is 6.18 Å². The summed E-state index contributed by atoms with van der Waals surface area (Å²) in [5.74, 6) is 0. The first-order valence-electron chi connectivity index (χ1n) is 4.19. The second kappa shape index (κ2) is 5.04. The highest BCUT2D eigenvalue weighted by Crippen LogP contribution is 2.14. The maximum Gasteiger partial charge on any atom is 0.413 e. The number of rotatable bonds is 4. The van der Waals surface area contributed by atoms with E-state index in [2.05, 4.69) is 20.3 Å². The monoisotopic (exact) mass is 221 g/mol. The lowest BCUT2D eigenvalue weighted by Gasteiger charge is -2.13.